The number of ether oxygens (including phenoxy) is 1. The zero-order valence-corrected chi connectivity index (χ0v) is 9.18. The van der Waals surface area contributed by atoms with Gasteiger partial charge in [-0.2, -0.15) is 0 Å². The highest BCUT2D eigenvalue weighted by atomic mass is 16.5. The normalized spacial score (nSPS) is 10.1. The predicted octanol–water partition coefficient (Wildman–Crippen LogP) is 3.28. The van der Waals surface area contributed by atoms with Gasteiger partial charge in [0, 0.05) is 0 Å². The van der Waals surface area contributed by atoms with Crippen LogP contribution in [0.15, 0.2) is 48.5 Å². The first-order valence-electron chi connectivity index (χ1n) is 5.22. The van der Waals surface area contributed by atoms with Crippen LogP contribution in [-0.2, 0) is 6.61 Å². The van der Waals surface area contributed by atoms with Crippen molar-refractivity contribution in [1.29, 1.82) is 0 Å². The maximum atomic E-state index is 9.15. The molecule has 0 bridgehead atoms. The summed E-state index contributed by atoms with van der Waals surface area (Å²) in [4.78, 5) is 0. The van der Waals surface area contributed by atoms with Gasteiger partial charge in [0.05, 0.1) is 0 Å². The summed E-state index contributed by atoms with van der Waals surface area (Å²) in [5, 5.41) is 9.15. The van der Waals surface area contributed by atoms with Crippen LogP contribution >= 0.6 is 0 Å². The molecule has 2 aromatic rings. The molecule has 0 saturated carbocycles. The highest BCUT2D eigenvalue weighted by molar-refractivity contribution is 5.32. The summed E-state index contributed by atoms with van der Waals surface area (Å²) in [6.07, 6.45) is 0. The van der Waals surface area contributed by atoms with Gasteiger partial charge in [-0.1, -0.05) is 30.3 Å². The van der Waals surface area contributed by atoms with E-state index >= 15 is 0 Å². The minimum absolute atomic E-state index is 0.277. The second-order valence-electron chi connectivity index (χ2n) is 3.72. The third-order valence-electron chi connectivity index (χ3n) is 2.42. The topological polar surface area (TPSA) is 29.5 Å². The highest BCUT2D eigenvalue weighted by Gasteiger charge is 1.98. The van der Waals surface area contributed by atoms with E-state index < -0.39 is 0 Å². The standard InChI is InChI=1S/C14H14O2/c1-11-4-2-3-5-14(11)16-10-12-6-8-13(15)9-7-12/h2-9,15H,10H2,1H3. The Morgan fingerprint density at radius 2 is 1.69 bits per heavy atom. The molecule has 2 aromatic carbocycles. The van der Waals surface area contributed by atoms with Gasteiger partial charge in [0.25, 0.3) is 0 Å². The van der Waals surface area contributed by atoms with Gasteiger partial charge >= 0.3 is 0 Å². The van der Waals surface area contributed by atoms with Crippen LogP contribution < -0.4 is 4.74 Å². The molecule has 0 aliphatic carbocycles. The van der Waals surface area contributed by atoms with E-state index in [4.69, 9.17) is 9.84 Å². The second-order valence-corrected chi connectivity index (χ2v) is 3.72. The lowest BCUT2D eigenvalue weighted by Crippen LogP contribution is -1.96. The molecule has 16 heavy (non-hydrogen) atoms. The Balaban J connectivity index is 2.02. The fraction of sp³-hybridized carbons (Fsp3) is 0.143. The number of hydrogen-bond donors (Lipinski definition) is 1. The Hall–Kier alpha value is -1.96. The molecular weight excluding hydrogens is 200 g/mol. The van der Waals surface area contributed by atoms with E-state index in [9.17, 15) is 0 Å². The minimum Gasteiger partial charge on any atom is -0.508 e. The molecule has 0 unspecified atom stereocenters. The van der Waals surface area contributed by atoms with Crippen molar-refractivity contribution in [2.24, 2.45) is 0 Å². The van der Waals surface area contributed by atoms with Crippen LogP contribution in [0, 0.1) is 6.92 Å². The number of phenols is 1. The smallest absolute Gasteiger partial charge is 0.122 e. The number of benzene rings is 2. The molecule has 0 saturated heterocycles. The van der Waals surface area contributed by atoms with E-state index in [1.165, 1.54) is 0 Å². The molecule has 0 aromatic heterocycles. The summed E-state index contributed by atoms with van der Waals surface area (Å²) in [6.45, 7) is 2.54. The largest absolute Gasteiger partial charge is 0.508 e. The summed E-state index contributed by atoms with van der Waals surface area (Å²) in [5.41, 5.74) is 2.17. The Morgan fingerprint density at radius 1 is 1.00 bits per heavy atom. The predicted molar refractivity (Wildman–Crippen MR) is 63.6 cm³/mol. The minimum atomic E-state index is 0.277. The van der Waals surface area contributed by atoms with E-state index in [-0.39, 0.29) is 5.75 Å². The van der Waals surface area contributed by atoms with Gasteiger partial charge in [0.2, 0.25) is 0 Å². The lowest BCUT2D eigenvalue weighted by molar-refractivity contribution is 0.304. The van der Waals surface area contributed by atoms with Gasteiger partial charge in [-0.15, -0.1) is 0 Å². The molecule has 1 N–H and O–H groups in total. The third-order valence-corrected chi connectivity index (χ3v) is 2.42. The van der Waals surface area contributed by atoms with Gasteiger partial charge in [-0.25, -0.2) is 0 Å². The quantitative estimate of drug-likeness (QED) is 0.849. The lowest BCUT2D eigenvalue weighted by Gasteiger charge is -2.08. The molecular formula is C14H14O2. The number of para-hydroxylation sites is 1. The molecule has 0 atom stereocenters. The molecule has 0 radical (unpaired) electrons. The maximum absolute atomic E-state index is 9.15. The summed E-state index contributed by atoms with van der Waals surface area (Å²) in [6, 6.07) is 15.0. The highest BCUT2D eigenvalue weighted by Crippen LogP contribution is 2.18. The third kappa shape index (κ3) is 2.54. The molecule has 0 aliphatic heterocycles. The van der Waals surface area contributed by atoms with Crippen molar-refractivity contribution in [3.8, 4) is 11.5 Å². The first-order valence-corrected chi connectivity index (χ1v) is 5.22. The average molecular weight is 214 g/mol. The van der Waals surface area contributed by atoms with Gasteiger partial charge in [0.1, 0.15) is 18.1 Å². The lowest BCUT2D eigenvalue weighted by atomic mass is 10.2. The van der Waals surface area contributed by atoms with E-state index in [0.29, 0.717) is 6.61 Å². The van der Waals surface area contributed by atoms with Crippen LogP contribution in [0.1, 0.15) is 11.1 Å². The number of rotatable bonds is 3. The SMILES string of the molecule is Cc1ccccc1OCc1ccc(O)cc1. The van der Waals surface area contributed by atoms with Crippen LogP contribution in [0.4, 0.5) is 0 Å². The zero-order valence-electron chi connectivity index (χ0n) is 9.18. The van der Waals surface area contributed by atoms with Crippen LogP contribution in [0.3, 0.4) is 0 Å². The first kappa shape index (κ1) is 10.6. The van der Waals surface area contributed by atoms with Gasteiger partial charge in [-0.05, 0) is 36.2 Å². The van der Waals surface area contributed by atoms with Crippen LogP contribution in [0.25, 0.3) is 0 Å². The first-order chi connectivity index (χ1) is 7.75. The van der Waals surface area contributed by atoms with E-state index in [1.54, 1.807) is 12.1 Å². The number of aromatic hydroxyl groups is 1. The average Bonchev–Trinajstić information content (AvgIpc) is 2.30. The van der Waals surface area contributed by atoms with Crippen molar-refractivity contribution in [2.75, 3.05) is 0 Å². The molecule has 0 heterocycles. The van der Waals surface area contributed by atoms with Gasteiger partial charge in [0.15, 0.2) is 0 Å². The number of phenolic OH excluding ortho intramolecular Hbond substituents is 1. The van der Waals surface area contributed by atoms with E-state index in [1.807, 2.05) is 43.3 Å². The number of aryl methyl sites for hydroxylation is 1. The van der Waals surface area contributed by atoms with Crippen molar-refractivity contribution in [3.63, 3.8) is 0 Å². The molecule has 2 heteroatoms. The van der Waals surface area contributed by atoms with Crippen molar-refractivity contribution in [1.82, 2.24) is 0 Å². The van der Waals surface area contributed by atoms with Crippen LogP contribution in [0.2, 0.25) is 0 Å². The van der Waals surface area contributed by atoms with Crippen LogP contribution in [-0.4, -0.2) is 5.11 Å². The zero-order chi connectivity index (χ0) is 11.4. The van der Waals surface area contributed by atoms with E-state index in [0.717, 1.165) is 16.9 Å². The monoisotopic (exact) mass is 214 g/mol. The Kier molecular flexibility index (Phi) is 3.10. The summed E-state index contributed by atoms with van der Waals surface area (Å²) >= 11 is 0. The van der Waals surface area contributed by atoms with Crippen molar-refractivity contribution in [3.05, 3.63) is 59.7 Å². The molecule has 0 spiro atoms. The van der Waals surface area contributed by atoms with Gasteiger partial charge in [-0.3, -0.25) is 0 Å². The fourth-order valence-corrected chi connectivity index (χ4v) is 1.47. The summed E-state index contributed by atoms with van der Waals surface area (Å²) < 4.78 is 5.68. The van der Waals surface area contributed by atoms with Crippen molar-refractivity contribution in [2.45, 2.75) is 13.5 Å². The molecule has 0 amide bonds. The summed E-state index contributed by atoms with van der Waals surface area (Å²) in [5.74, 6) is 1.18. The molecule has 2 rings (SSSR count). The fourth-order valence-electron chi connectivity index (χ4n) is 1.47. The van der Waals surface area contributed by atoms with E-state index in [2.05, 4.69) is 0 Å². The molecule has 0 fully saturated rings. The number of hydrogen-bond acceptors (Lipinski definition) is 2. The molecule has 2 nitrogen and oxygen atoms in total. The van der Waals surface area contributed by atoms with Crippen molar-refractivity contribution < 1.29 is 9.84 Å². The molecule has 0 aliphatic rings. The Labute approximate surface area is 95.1 Å². The van der Waals surface area contributed by atoms with Crippen LogP contribution in [0.5, 0.6) is 11.5 Å². The van der Waals surface area contributed by atoms with Crippen molar-refractivity contribution >= 4 is 0 Å². The Morgan fingerprint density at radius 3 is 2.38 bits per heavy atom. The summed E-state index contributed by atoms with van der Waals surface area (Å²) in [7, 11) is 0. The van der Waals surface area contributed by atoms with Gasteiger partial charge < -0.3 is 9.84 Å². The second kappa shape index (κ2) is 4.71. The Bertz CT molecular complexity index is 460. The molecule has 82 valence electrons. The maximum Gasteiger partial charge on any atom is 0.122 e.